The van der Waals surface area contributed by atoms with E-state index < -0.39 is 0 Å². The Kier molecular flexibility index (Phi) is 4.08. The molecule has 24 heavy (non-hydrogen) atoms. The number of rotatable bonds is 4. The fraction of sp³-hybridized carbons (Fsp3) is 0.444. The van der Waals surface area contributed by atoms with Gasteiger partial charge in [0.1, 0.15) is 12.4 Å². The average Bonchev–Trinajstić information content (AvgIpc) is 3.16. The summed E-state index contributed by atoms with van der Waals surface area (Å²) in [6.45, 7) is 5.65. The lowest BCUT2D eigenvalue weighted by atomic mass is 10.1. The van der Waals surface area contributed by atoms with E-state index in [0.29, 0.717) is 12.6 Å². The lowest BCUT2D eigenvalue weighted by Crippen LogP contribution is -2.34. The number of H-pyrrole nitrogens is 1. The molecule has 0 fully saturated rings. The second-order valence-corrected chi connectivity index (χ2v) is 6.50. The van der Waals surface area contributed by atoms with Gasteiger partial charge >= 0.3 is 0 Å². The van der Waals surface area contributed by atoms with Crippen LogP contribution in [0.25, 0.3) is 10.9 Å². The van der Waals surface area contributed by atoms with Crippen LogP contribution in [-0.2, 0) is 30.9 Å². The van der Waals surface area contributed by atoms with Crippen LogP contribution in [0.5, 0.6) is 0 Å². The summed E-state index contributed by atoms with van der Waals surface area (Å²) < 4.78 is 7.46. The zero-order valence-electron chi connectivity index (χ0n) is 14.2. The number of ether oxygens (including phenoxy) is 1. The number of benzene rings is 1. The van der Waals surface area contributed by atoms with E-state index in [9.17, 15) is 0 Å². The second-order valence-electron chi connectivity index (χ2n) is 6.50. The van der Waals surface area contributed by atoms with Crippen molar-refractivity contribution in [2.75, 3.05) is 13.7 Å². The summed E-state index contributed by atoms with van der Waals surface area (Å²) in [5, 5.41) is 9.96. The minimum absolute atomic E-state index is 0.431. The van der Waals surface area contributed by atoms with E-state index in [2.05, 4.69) is 55.8 Å². The Balaban J connectivity index is 1.56. The Morgan fingerprint density at radius 2 is 2.17 bits per heavy atom. The molecule has 0 amide bonds. The minimum atomic E-state index is 0.431. The van der Waals surface area contributed by atoms with Crippen LogP contribution in [0.3, 0.4) is 0 Å². The fourth-order valence-corrected chi connectivity index (χ4v) is 3.60. The third-order valence-electron chi connectivity index (χ3n) is 4.95. The first-order chi connectivity index (χ1) is 11.8. The van der Waals surface area contributed by atoms with Crippen LogP contribution in [0, 0.1) is 0 Å². The predicted octanol–water partition coefficient (Wildman–Crippen LogP) is 2.35. The molecule has 0 aliphatic carbocycles. The van der Waals surface area contributed by atoms with Crippen LogP contribution in [-0.4, -0.2) is 44.3 Å². The number of nitrogens with zero attached hydrogens (tertiary/aromatic N) is 4. The van der Waals surface area contributed by atoms with E-state index in [-0.39, 0.29) is 0 Å². The van der Waals surface area contributed by atoms with Gasteiger partial charge in [-0.15, -0.1) is 10.2 Å². The Labute approximate surface area is 141 Å². The number of methoxy groups -OCH3 is 1. The van der Waals surface area contributed by atoms with Crippen LogP contribution in [0.15, 0.2) is 30.5 Å². The molecule has 1 atom stereocenters. The number of aromatic nitrogens is 4. The van der Waals surface area contributed by atoms with Crippen LogP contribution >= 0.6 is 0 Å². The number of hydrogen-bond donors (Lipinski definition) is 1. The van der Waals surface area contributed by atoms with Crippen molar-refractivity contribution >= 4 is 10.9 Å². The third-order valence-corrected chi connectivity index (χ3v) is 4.95. The Morgan fingerprint density at radius 3 is 3.04 bits per heavy atom. The number of nitrogens with one attached hydrogen (secondary N) is 1. The number of hydrogen-bond acceptors (Lipinski definition) is 4. The molecule has 1 aliphatic rings. The van der Waals surface area contributed by atoms with E-state index in [1.807, 2.05) is 6.20 Å². The maximum Gasteiger partial charge on any atom is 0.159 e. The van der Waals surface area contributed by atoms with Crippen LogP contribution in [0.1, 0.15) is 24.1 Å². The summed E-state index contributed by atoms with van der Waals surface area (Å²) in [5.41, 5.74) is 2.57. The topological polar surface area (TPSA) is 59.0 Å². The first kappa shape index (κ1) is 15.4. The smallest absolute Gasteiger partial charge is 0.159 e. The molecule has 2 aromatic heterocycles. The van der Waals surface area contributed by atoms with E-state index in [0.717, 1.165) is 37.7 Å². The molecule has 3 aromatic rings. The van der Waals surface area contributed by atoms with E-state index in [4.69, 9.17) is 4.74 Å². The molecular formula is C18H23N5O. The maximum atomic E-state index is 5.24. The predicted molar refractivity (Wildman–Crippen MR) is 92.6 cm³/mol. The summed E-state index contributed by atoms with van der Waals surface area (Å²) in [6.07, 6.45) is 2.93. The van der Waals surface area contributed by atoms with Crippen LogP contribution in [0.4, 0.5) is 0 Å². The van der Waals surface area contributed by atoms with Gasteiger partial charge in [-0.2, -0.15) is 0 Å². The molecule has 1 unspecified atom stereocenters. The molecule has 1 N–H and O–H groups in total. The van der Waals surface area contributed by atoms with Gasteiger partial charge in [0.25, 0.3) is 0 Å². The van der Waals surface area contributed by atoms with Crippen molar-refractivity contribution in [2.24, 2.45) is 0 Å². The Bertz CT molecular complexity index is 837. The molecule has 1 aliphatic heterocycles. The fourth-order valence-electron chi connectivity index (χ4n) is 3.60. The average molecular weight is 325 g/mol. The molecule has 3 heterocycles. The highest BCUT2D eigenvalue weighted by molar-refractivity contribution is 5.82. The van der Waals surface area contributed by atoms with Gasteiger partial charge in [0, 0.05) is 56.3 Å². The lowest BCUT2D eigenvalue weighted by molar-refractivity contribution is 0.171. The standard InChI is InChI=1S/C18H23N5O/c1-13-10-17-20-21-18(12-24-2)23(17)9-8-22(13)11-14-4-3-5-16-15(14)6-7-19-16/h3-7,13,19H,8-12H2,1-2H3. The van der Waals surface area contributed by atoms with Gasteiger partial charge in [-0.1, -0.05) is 12.1 Å². The molecule has 0 saturated heterocycles. The van der Waals surface area contributed by atoms with Gasteiger partial charge in [-0.3, -0.25) is 4.90 Å². The molecule has 0 spiro atoms. The minimum Gasteiger partial charge on any atom is -0.377 e. The van der Waals surface area contributed by atoms with Crippen molar-refractivity contribution in [3.05, 3.63) is 47.7 Å². The van der Waals surface area contributed by atoms with Crippen LogP contribution < -0.4 is 0 Å². The van der Waals surface area contributed by atoms with Gasteiger partial charge in [0.15, 0.2) is 5.82 Å². The summed E-state index contributed by atoms with van der Waals surface area (Å²) >= 11 is 0. The molecule has 126 valence electrons. The highest BCUT2D eigenvalue weighted by atomic mass is 16.5. The first-order valence-electron chi connectivity index (χ1n) is 8.45. The summed E-state index contributed by atoms with van der Waals surface area (Å²) in [4.78, 5) is 5.83. The largest absolute Gasteiger partial charge is 0.377 e. The molecular weight excluding hydrogens is 302 g/mol. The highest BCUT2D eigenvalue weighted by Crippen LogP contribution is 2.22. The van der Waals surface area contributed by atoms with Crippen molar-refractivity contribution < 1.29 is 4.74 Å². The molecule has 1 aromatic carbocycles. The van der Waals surface area contributed by atoms with Crippen molar-refractivity contribution in [1.82, 2.24) is 24.6 Å². The monoisotopic (exact) mass is 325 g/mol. The Morgan fingerprint density at radius 1 is 1.25 bits per heavy atom. The zero-order chi connectivity index (χ0) is 16.5. The van der Waals surface area contributed by atoms with Crippen molar-refractivity contribution in [3.8, 4) is 0 Å². The van der Waals surface area contributed by atoms with E-state index >= 15 is 0 Å². The van der Waals surface area contributed by atoms with Gasteiger partial charge in [-0.25, -0.2) is 0 Å². The van der Waals surface area contributed by atoms with Gasteiger partial charge in [0.2, 0.25) is 0 Å². The van der Waals surface area contributed by atoms with E-state index in [1.165, 1.54) is 16.5 Å². The number of aromatic amines is 1. The third kappa shape index (κ3) is 2.72. The maximum absolute atomic E-state index is 5.24. The summed E-state index contributed by atoms with van der Waals surface area (Å²) in [5.74, 6) is 1.99. The molecule has 4 rings (SSSR count). The number of fused-ring (bicyclic) bond motifs is 2. The second kappa shape index (κ2) is 6.37. The van der Waals surface area contributed by atoms with Gasteiger partial charge < -0.3 is 14.3 Å². The van der Waals surface area contributed by atoms with Crippen molar-refractivity contribution in [2.45, 2.75) is 39.1 Å². The first-order valence-corrected chi connectivity index (χ1v) is 8.45. The zero-order valence-corrected chi connectivity index (χ0v) is 14.2. The molecule has 0 saturated carbocycles. The molecule has 0 radical (unpaired) electrons. The van der Waals surface area contributed by atoms with E-state index in [1.54, 1.807) is 7.11 Å². The Hall–Kier alpha value is -2.18. The van der Waals surface area contributed by atoms with Crippen molar-refractivity contribution in [1.29, 1.82) is 0 Å². The van der Waals surface area contributed by atoms with Crippen molar-refractivity contribution in [3.63, 3.8) is 0 Å². The normalized spacial score (nSPS) is 18.7. The van der Waals surface area contributed by atoms with Crippen LogP contribution in [0.2, 0.25) is 0 Å². The quantitative estimate of drug-likeness (QED) is 0.800. The molecule has 0 bridgehead atoms. The summed E-state index contributed by atoms with van der Waals surface area (Å²) in [6, 6.07) is 9.08. The SMILES string of the molecule is COCc1nnc2n1CCN(Cc1cccc3[nH]ccc13)C(C)C2. The molecule has 6 heteroatoms. The van der Waals surface area contributed by atoms with Gasteiger partial charge in [0.05, 0.1) is 0 Å². The summed E-state index contributed by atoms with van der Waals surface area (Å²) in [7, 11) is 1.70. The lowest BCUT2D eigenvalue weighted by Gasteiger charge is -2.26. The van der Waals surface area contributed by atoms with Gasteiger partial charge in [-0.05, 0) is 24.6 Å². The molecule has 6 nitrogen and oxygen atoms in total. The highest BCUT2D eigenvalue weighted by Gasteiger charge is 2.24.